The third-order valence-electron chi connectivity index (χ3n) is 11.0. The van der Waals surface area contributed by atoms with Crippen LogP contribution in [0.2, 0.25) is 0 Å². The first-order valence-electron chi connectivity index (χ1n) is 21.3. The second-order valence-corrected chi connectivity index (χ2v) is 19.4. The van der Waals surface area contributed by atoms with E-state index >= 15 is 0 Å². The average molecular weight is 1120 g/mol. The highest BCUT2D eigenvalue weighted by molar-refractivity contribution is 9.11. The molecular formula is C46H50Br3N15O4. The summed E-state index contributed by atoms with van der Waals surface area (Å²) in [4.78, 5) is 57.6. The highest BCUT2D eigenvalue weighted by Gasteiger charge is 2.37. The molecule has 10 rings (SSSR count). The molecule has 0 bridgehead atoms. The molecular weight excluding hydrogens is 1070 g/mol. The Morgan fingerprint density at radius 1 is 0.779 bits per heavy atom. The van der Waals surface area contributed by atoms with Gasteiger partial charge in [0, 0.05) is 83.8 Å². The molecule has 22 heteroatoms. The topological polar surface area (TPSA) is 236 Å². The molecule has 0 atom stereocenters. The Labute approximate surface area is 416 Å². The smallest absolute Gasteiger partial charge is 0.290 e. The number of anilines is 5. The Kier molecular flexibility index (Phi) is 15.3. The van der Waals surface area contributed by atoms with E-state index in [1.54, 1.807) is 92.0 Å². The van der Waals surface area contributed by atoms with Crippen LogP contribution in [0.5, 0.6) is 0 Å². The van der Waals surface area contributed by atoms with Gasteiger partial charge in [-0.25, -0.2) is 15.4 Å². The van der Waals surface area contributed by atoms with Gasteiger partial charge >= 0.3 is 0 Å². The number of H-pyrrole nitrogens is 2. The van der Waals surface area contributed by atoms with Crippen LogP contribution < -0.4 is 43.5 Å². The summed E-state index contributed by atoms with van der Waals surface area (Å²) in [5, 5.41) is 20.9. The van der Waals surface area contributed by atoms with Gasteiger partial charge in [0.15, 0.2) is 5.82 Å². The van der Waals surface area contributed by atoms with Crippen LogP contribution in [0.1, 0.15) is 48.1 Å². The van der Waals surface area contributed by atoms with Crippen LogP contribution in [0.4, 0.5) is 28.8 Å². The minimum absolute atomic E-state index is 0.0248. The maximum Gasteiger partial charge on any atom is 0.290 e. The normalized spacial score (nSPS) is 14.1. The fourth-order valence-electron chi connectivity index (χ4n) is 7.85. The van der Waals surface area contributed by atoms with Crippen molar-refractivity contribution >= 4 is 88.4 Å². The lowest BCUT2D eigenvalue weighted by Gasteiger charge is -2.31. The number of amides is 1. The number of hydrazine groups is 1. The minimum Gasteiger partial charge on any atom is -0.384 e. The predicted octanol–water partition coefficient (Wildman–Crippen LogP) is 6.96. The summed E-state index contributed by atoms with van der Waals surface area (Å²) in [5.74, 6) is 2.43. The Hall–Kier alpha value is -6.62. The minimum atomic E-state index is -0.157. The van der Waals surface area contributed by atoms with E-state index in [0.717, 1.165) is 45.0 Å². The first-order valence-corrected chi connectivity index (χ1v) is 23.7. The fourth-order valence-corrected chi connectivity index (χ4v) is 9.76. The lowest BCUT2D eigenvalue weighted by atomic mass is 9.90. The summed E-state index contributed by atoms with van der Waals surface area (Å²) in [6.45, 7) is 7.86. The quantitative estimate of drug-likeness (QED) is 0.0954. The van der Waals surface area contributed by atoms with Gasteiger partial charge < -0.3 is 34.6 Å². The Morgan fingerprint density at radius 2 is 1.40 bits per heavy atom. The molecule has 19 nitrogen and oxygen atoms in total. The first-order chi connectivity index (χ1) is 32.4. The molecule has 7 N–H and O–H groups in total. The van der Waals surface area contributed by atoms with E-state index in [0.29, 0.717) is 57.9 Å². The van der Waals surface area contributed by atoms with E-state index in [1.165, 1.54) is 20.4 Å². The number of hydrogen-bond donors (Lipinski definition) is 6. The summed E-state index contributed by atoms with van der Waals surface area (Å²) in [7, 11) is 5.13. The number of amidine groups is 1. The third-order valence-corrected chi connectivity index (χ3v) is 12.4. The standard InChI is InChI=1S/C27H30N8O2.C9H9BrN4O.C6H5Br2NO.C4H6N2/c1-5-18-19(17-10-20(25(36)33(4)14-17)31-23-7-9-29-32-23)6-8-28-24(18)35-26(37)21-11-16-12-27(2,3)13-22(16)34(21)15-30-35;1-14-5-6(10)4-7(9(14)15)12-8-2-3-11-13-8;1-9-3-4(7)2-5(8)6(9)10;5-4-2-1-3-6-4/h6-11,14,30H,5,12-13,15H2,1-4H3,(H2,29,31,32);2-5H,1H3,(H2,11,12,13);2-3H,1H3;1-2H,3H2,(H2,5,6). The number of aromatic nitrogens is 9. The van der Waals surface area contributed by atoms with Gasteiger partial charge in [0.05, 0.1) is 30.1 Å². The summed E-state index contributed by atoms with van der Waals surface area (Å²) >= 11 is 9.72. The Bertz CT molecular complexity index is 3170. The van der Waals surface area contributed by atoms with Crippen molar-refractivity contribution in [1.82, 2.24) is 49.1 Å². The van der Waals surface area contributed by atoms with E-state index in [2.05, 4.69) is 119 Å². The van der Waals surface area contributed by atoms with Crippen LogP contribution in [-0.4, -0.2) is 61.9 Å². The Morgan fingerprint density at radius 3 is 1.96 bits per heavy atom. The number of nitrogens with two attached hydrogens (primary N) is 1. The SMILES string of the molecule is CCc1c(-c2cc(Nc3ccn[nH]3)c(=O)n(C)c2)ccnc1N1NCn2c(cc3c2CC(C)(C)C3)C1=O.Cn1cc(Br)cc(Br)c1=O.Cn1cc(Br)cc(Nc2ccn[nH]2)c1=O.NC1=NCC=C1. The molecule has 0 unspecified atom stereocenters. The zero-order valence-electron chi connectivity index (χ0n) is 38.1. The molecule has 7 aromatic rings. The number of rotatable bonds is 7. The van der Waals surface area contributed by atoms with E-state index in [9.17, 15) is 19.2 Å². The van der Waals surface area contributed by atoms with Gasteiger partial charge in [-0.2, -0.15) is 10.2 Å². The zero-order valence-corrected chi connectivity index (χ0v) is 42.8. The van der Waals surface area contributed by atoms with Crippen molar-refractivity contribution in [2.75, 3.05) is 22.2 Å². The molecule has 0 saturated heterocycles. The number of fused-ring (bicyclic) bond motifs is 3. The second-order valence-electron chi connectivity index (χ2n) is 16.7. The number of pyridine rings is 4. The molecule has 1 aliphatic carbocycles. The molecule has 68 heavy (non-hydrogen) atoms. The highest BCUT2D eigenvalue weighted by Crippen LogP contribution is 2.39. The Balaban J connectivity index is 0.000000178. The number of aliphatic imine (C=N–C) groups is 1. The molecule has 0 saturated carbocycles. The van der Waals surface area contributed by atoms with E-state index in [4.69, 9.17) is 5.73 Å². The van der Waals surface area contributed by atoms with E-state index in [1.807, 2.05) is 31.3 Å². The van der Waals surface area contributed by atoms with Crippen molar-refractivity contribution in [2.24, 2.45) is 37.3 Å². The van der Waals surface area contributed by atoms with Crippen molar-refractivity contribution in [3.8, 4) is 11.1 Å². The van der Waals surface area contributed by atoms with Crippen LogP contribution >= 0.6 is 47.8 Å². The van der Waals surface area contributed by atoms with Gasteiger partial charge in [-0.3, -0.25) is 34.4 Å². The van der Waals surface area contributed by atoms with Crippen molar-refractivity contribution in [3.05, 3.63) is 159 Å². The van der Waals surface area contributed by atoms with Crippen molar-refractivity contribution in [3.63, 3.8) is 0 Å². The second kappa shape index (κ2) is 21.1. The van der Waals surface area contributed by atoms with E-state index < -0.39 is 0 Å². The molecule has 1 amide bonds. The van der Waals surface area contributed by atoms with Crippen LogP contribution in [-0.2, 0) is 47.1 Å². The molecule has 2 aliphatic heterocycles. The lowest BCUT2D eigenvalue weighted by molar-refractivity contribution is 0.0939. The third kappa shape index (κ3) is 11.4. The average Bonchev–Trinajstić information content (AvgIpc) is 4.17. The number of aryl methyl sites for hydroxylation is 3. The number of aromatic amines is 2. The molecule has 0 fully saturated rings. The molecule has 0 aromatic carbocycles. The highest BCUT2D eigenvalue weighted by atomic mass is 79.9. The molecule has 7 aromatic heterocycles. The lowest BCUT2D eigenvalue weighted by Crippen LogP contribution is -2.50. The van der Waals surface area contributed by atoms with Crippen LogP contribution in [0, 0.1) is 5.41 Å². The molecule has 0 radical (unpaired) electrons. The van der Waals surface area contributed by atoms with Crippen LogP contribution in [0.15, 0.2) is 125 Å². The molecule has 354 valence electrons. The fraction of sp³-hybridized carbons (Fsp3) is 0.261. The number of hydrogen-bond acceptors (Lipinski definition) is 12. The number of carbonyl (C=O) groups is 1. The molecule has 3 aliphatic rings. The number of nitrogens with one attached hydrogen (secondary N) is 5. The van der Waals surface area contributed by atoms with Crippen LogP contribution in [0.3, 0.4) is 0 Å². The molecule has 0 spiro atoms. The van der Waals surface area contributed by atoms with Crippen molar-refractivity contribution in [1.29, 1.82) is 0 Å². The largest absolute Gasteiger partial charge is 0.384 e. The van der Waals surface area contributed by atoms with Gasteiger partial charge in [-0.15, -0.1) is 0 Å². The van der Waals surface area contributed by atoms with Gasteiger partial charge in [0.25, 0.3) is 22.6 Å². The monoisotopic (exact) mass is 1110 g/mol. The maximum atomic E-state index is 13.7. The molecule has 9 heterocycles. The first kappa shape index (κ1) is 49.3. The van der Waals surface area contributed by atoms with Crippen molar-refractivity contribution in [2.45, 2.75) is 46.7 Å². The number of carbonyl (C=O) groups excluding carboxylic acids is 1. The number of halogens is 3. The zero-order chi connectivity index (χ0) is 48.9. The van der Waals surface area contributed by atoms with Gasteiger partial charge in [-0.05, 0) is 120 Å². The predicted molar refractivity (Wildman–Crippen MR) is 276 cm³/mol. The number of nitrogens with zero attached hydrogens (tertiary/aromatic N) is 9. The van der Waals surface area contributed by atoms with Gasteiger partial charge in [-0.1, -0.05) is 26.8 Å². The summed E-state index contributed by atoms with van der Waals surface area (Å²) in [5.41, 5.74) is 15.3. The van der Waals surface area contributed by atoms with Gasteiger partial charge in [0.1, 0.15) is 34.5 Å². The van der Waals surface area contributed by atoms with Gasteiger partial charge in [0.2, 0.25) is 0 Å². The summed E-state index contributed by atoms with van der Waals surface area (Å²) in [6.07, 6.45) is 16.5. The summed E-state index contributed by atoms with van der Waals surface area (Å²) in [6, 6.07) is 12.8. The van der Waals surface area contributed by atoms with Crippen LogP contribution in [0.25, 0.3) is 11.1 Å². The van der Waals surface area contributed by atoms with Crippen molar-refractivity contribution < 1.29 is 4.79 Å². The summed E-state index contributed by atoms with van der Waals surface area (Å²) < 4.78 is 8.97. The maximum absolute atomic E-state index is 13.7. The van der Waals surface area contributed by atoms with E-state index in [-0.39, 0.29) is 28.0 Å².